The summed E-state index contributed by atoms with van der Waals surface area (Å²) in [5, 5.41) is 2.68. The van der Waals surface area contributed by atoms with Crippen molar-refractivity contribution in [2.24, 2.45) is 10.9 Å². The Morgan fingerprint density at radius 3 is 2.96 bits per heavy atom. The van der Waals surface area contributed by atoms with E-state index in [1.165, 1.54) is 11.1 Å². The number of rotatable bonds is 6. The molecule has 1 saturated heterocycles. The van der Waals surface area contributed by atoms with Gasteiger partial charge in [0, 0.05) is 31.7 Å². The van der Waals surface area contributed by atoms with Gasteiger partial charge in [0.25, 0.3) is 5.91 Å². The number of aromatic nitrogens is 2. The summed E-state index contributed by atoms with van der Waals surface area (Å²) in [6.07, 6.45) is 7.54. The second-order valence-electron chi connectivity index (χ2n) is 5.99. The third-order valence-electron chi connectivity index (χ3n) is 3.98. The van der Waals surface area contributed by atoms with Crippen molar-refractivity contribution < 1.29 is 9.59 Å². The van der Waals surface area contributed by atoms with Crippen molar-refractivity contribution in [1.82, 2.24) is 14.9 Å². The highest BCUT2D eigenvalue weighted by atomic mass is 32.1. The number of aliphatic imine (C=N–C) groups is 1. The summed E-state index contributed by atoms with van der Waals surface area (Å²) < 4.78 is 1.95. The van der Waals surface area contributed by atoms with Gasteiger partial charge in [-0.3, -0.25) is 19.5 Å². The molecule has 0 spiro atoms. The number of amides is 2. The summed E-state index contributed by atoms with van der Waals surface area (Å²) in [5.41, 5.74) is 1.64. The average molecular weight is 369 g/mol. The van der Waals surface area contributed by atoms with Crippen molar-refractivity contribution in [3.05, 3.63) is 48.5 Å². The molecule has 8 heteroatoms. The smallest absolute Gasteiger partial charge is 0.251 e. The number of aryl methyl sites for hydroxylation is 2. The van der Waals surface area contributed by atoms with Gasteiger partial charge in [-0.1, -0.05) is 12.1 Å². The number of nitrogens with one attached hydrogen (secondary N) is 1. The topological polar surface area (TPSA) is 79.6 Å². The minimum absolute atomic E-state index is 0.0929. The molecule has 0 aliphatic carbocycles. The lowest BCUT2D eigenvalue weighted by Gasteiger charge is -2.31. The molecule has 1 N–H and O–H groups in total. The van der Waals surface area contributed by atoms with Gasteiger partial charge < -0.3 is 9.88 Å². The van der Waals surface area contributed by atoms with Crippen LogP contribution in [0.15, 0.2) is 48.0 Å². The van der Waals surface area contributed by atoms with Gasteiger partial charge >= 0.3 is 0 Å². The zero-order valence-electron chi connectivity index (χ0n) is 14.3. The van der Waals surface area contributed by atoms with Crippen LogP contribution in [0.2, 0.25) is 0 Å². The number of nitrogens with zero attached hydrogens (tertiary/aromatic N) is 4. The zero-order chi connectivity index (χ0) is 18.5. The van der Waals surface area contributed by atoms with E-state index in [1.54, 1.807) is 18.6 Å². The van der Waals surface area contributed by atoms with E-state index >= 15 is 0 Å². The first-order valence-electron chi connectivity index (χ1n) is 8.27. The predicted molar refractivity (Wildman–Crippen MR) is 103 cm³/mol. The molecular weight excluding hydrogens is 350 g/mol. The maximum atomic E-state index is 12.8. The fraction of sp³-hybridized carbons (Fsp3) is 0.278. The second-order valence-corrected chi connectivity index (χ2v) is 6.38. The number of imidazole rings is 1. The predicted octanol–water partition coefficient (Wildman–Crippen LogP) is 1.72. The number of hydrogen-bond acceptors (Lipinski definition) is 5. The Balaban J connectivity index is 1.66. The Morgan fingerprint density at radius 1 is 1.38 bits per heavy atom. The third kappa shape index (κ3) is 4.02. The molecule has 1 aromatic heterocycles. The second kappa shape index (κ2) is 8.01. The highest BCUT2D eigenvalue weighted by molar-refractivity contribution is 7.80. The Labute approximate surface area is 156 Å². The molecule has 7 nitrogen and oxygen atoms in total. The lowest BCUT2D eigenvalue weighted by Crippen LogP contribution is -2.58. The van der Waals surface area contributed by atoms with E-state index in [1.807, 2.05) is 35.9 Å². The monoisotopic (exact) mass is 369 g/mol. The molecule has 26 heavy (non-hydrogen) atoms. The number of hydrogen-bond donors (Lipinski definition) is 1. The minimum Gasteiger partial charge on any atom is -0.337 e. The molecule has 134 valence electrons. The van der Waals surface area contributed by atoms with Crippen LogP contribution in [0, 0.1) is 12.8 Å². The average Bonchev–Trinajstić information content (AvgIpc) is 3.10. The van der Waals surface area contributed by atoms with Gasteiger partial charge in [-0.15, -0.1) is 0 Å². The Hall–Kier alpha value is -2.87. The molecule has 1 fully saturated rings. The van der Waals surface area contributed by atoms with Crippen molar-refractivity contribution >= 4 is 41.0 Å². The van der Waals surface area contributed by atoms with Crippen LogP contribution in [0.25, 0.3) is 0 Å². The van der Waals surface area contributed by atoms with Crippen LogP contribution >= 0.6 is 12.2 Å². The summed E-state index contributed by atoms with van der Waals surface area (Å²) in [5.74, 6) is -1.81. The van der Waals surface area contributed by atoms with Crippen LogP contribution in [0.1, 0.15) is 12.0 Å². The van der Waals surface area contributed by atoms with E-state index < -0.39 is 11.8 Å². The molecule has 0 unspecified atom stereocenters. The van der Waals surface area contributed by atoms with Gasteiger partial charge in [0.05, 0.1) is 12.0 Å². The first-order chi connectivity index (χ1) is 12.6. The molecule has 0 radical (unpaired) electrons. The summed E-state index contributed by atoms with van der Waals surface area (Å²) in [7, 11) is 0. The number of thiocarbonyl (C=S) groups is 1. The van der Waals surface area contributed by atoms with Crippen molar-refractivity contribution in [2.75, 3.05) is 11.4 Å². The van der Waals surface area contributed by atoms with Gasteiger partial charge in [-0.2, -0.15) is 0 Å². The number of carbonyl (C=O) groups excluding carboxylic acids is 2. The molecule has 0 saturated carbocycles. The minimum atomic E-state index is -0.976. The highest BCUT2D eigenvalue weighted by Crippen LogP contribution is 2.21. The van der Waals surface area contributed by atoms with Gasteiger partial charge in [0.15, 0.2) is 11.0 Å². The summed E-state index contributed by atoms with van der Waals surface area (Å²) in [4.78, 5) is 34.5. The lowest BCUT2D eigenvalue weighted by molar-refractivity contribution is -0.130. The molecule has 1 atom stereocenters. The summed E-state index contributed by atoms with van der Waals surface area (Å²) in [6.45, 7) is 3.23. The first-order valence-corrected chi connectivity index (χ1v) is 8.68. The molecule has 0 bridgehead atoms. The molecule has 2 amide bonds. The van der Waals surface area contributed by atoms with E-state index in [2.05, 4.69) is 15.3 Å². The fourth-order valence-corrected chi connectivity index (χ4v) is 2.97. The largest absolute Gasteiger partial charge is 0.337 e. The number of anilines is 1. The molecule has 3 rings (SSSR count). The third-order valence-corrected chi connectivity index (χ3v) is 4.26. The van der Waals surface area contributed by atoms with Gasteiger partial charge in [-0.05, 0) is 43.3 Å². The molecule has 1 aliphatic rings. The first kappa shape index (κ1) is 17.9. The molecule has 1 aromatic carbocycles. The van der Waals surface area contributed by atoms with Crippen molar-refractivity contribution in [1.29, 1.82) is 0 Å². The SMILES string of the molecule is Cc1cccc(N2C(=O)[C@@H](C=NCCCn3ccnc3)C(=O)NC2=S)c1. The van der Waals surface area contributed by atoms with Gasteiger partial charge in [-0.25, -0.2) is 4.98 Å². The standard InChI is InChI=1S/C18H19N5O2S/c1-13-4-2-5-14(10-13)23-17(25)15(16(24)21-18(23)26)11-19-6-3-8-22-9-7-20-12-22/h2,4-5,7,9-12,15H,3,6,8H2,1H3,(H,21,24,26)/t15-/m0/s1. The molecule has 1 aliphatic heterocycles. The van der Waals surface area contributed by atoms with E-state index in [0.717, 1.165) is 18.5 Å². The number of carbonyl (C=O) groups is 2. The maximum absolute atomic E-state index is 12.8. The molecule has 2 heterocycles. The van der Waals surface area contributed by atoms with Crippen LogP contribution in [-0.2, 0) is 16.1 Å². The lowest BCUT2D eigenvalue weighted by atomic mass is 10.1. The van der Waals surface area contributed by atoms with Crippen LogP contribution in [0.5, 0.6) is 0 Å². The fourth-order valence-electron chi connectivity index (χ4n) is 2.68. The van der Waals surface area contributed by atoms with Crippen LogP contribution < -0.4 is 10.2 Å². The van der Waals surface area contributed by atoms with Crippen LogP contribution in [0.3, 0.4) is 0 Å². The van der Waals surface area contributed by atoms with Gasteiger partial charge in [0.2, 0.25) is 5.91 Å². The van der Waals surface area contributed by atoms with Crippen molar-refractivity contribution in [3.8, 4) is 0 Å². The van der Waals surface area contributed by atoms with E-state index in [0.29, 0.717) is 12.2 Å². The van der Waals surface area contributed by atoms with Crippen molar-refractivity contribution in [2.45, 2.75) is 19.9 Å². The van der Waals surface area contributed by atoms with E-state index in [-0.39, 0.29) is 11.0 Å². The highest BCUT2D eigenvalue weighted by Gasteiger charge is 2.38. The van der Waals surface area contributed by atoms with Gasteiger partial charge in [0.1, 0.15) is 0 Å². The quantitative estimate of drug-likeness (QED) is 0.364. The Morgan fingerprint density at radius 2 is 2.23 bits per heavy atom. The summed E-state index contributed by atoms with van der Waals surface area (Å²) >= 11 is 5.18. The van der Waals surface area contributed by atoms with Crippen LogP contribution in [0.4, 0.5) is 5.69 Å². The Bertz CT molecular complexity index is 847. The van der Waals surface area contributed by atoms with E-state index in [4.69, 9.17) is 12.2 Å². The molecule has 2 aromatic rings. The Kier molecular flexibility index (Phi) is 5.52. The summed E-state index contributed by atoms with van der Waals surface area (Å²) in [6, 6.07) is 7.41. The zero-order valence-corrected chi connectivity index (χ0v) is 15.1. The van der Waals surface area contributed by atoms with E-state index in [9.17, 15) is 9.59 Å². The van der Waals surface area contributed by atoms with Crippen LogP contribution in [-0.4, -0.2) is 39.2 Å². The van der Waals surface area contributed by atoms with Crippen molar-refractivity contribution in [3.63, 3.8) is 0 Å². The molecular formula is C18H19N5O2S. The maximum Gasteiger partial charge on any atom is 0.251 e. The number of benzene rings is 1. The normalized spacial score (nSPS) is 17.8.